The van der Waals surface area contributed by atoms with Gasteiger partial charge in [-0.15, -0.1) is 0 Å². The van der Waals surface area contributed by atoms with Gasteiger partial charge in [0.2, 0.25) is 11.8 Å². The average Bonchev–Trinajstić information content (AvgIpc) is 2.60. The van der Waals surface area contributed by atoms with Crippen molar-refractivity contribution in [2.75, 3.05) is 5.32 Å². The first kappa shape index (κ1) is 13.1. The van der Waals surface area contributed by atoms with Crippen LogP contribution in [-0.4, -0.2) is 16.6 Å². The van der Waals surface area contributed by atoms with Crippen molar-refractivity contribution >= 4 is 11.8 Å². The summed E-state index contributed by atoms with van der Waals surface area (Å²) in [6.45, 7) is 5.85. The van der Waals surface area contributed by atoms with Crippen LogP contribution in [0.4, 0.5) is 5.88 Å². The van der Waals surface area contributed by atoms with Crippen LogP contribution < -0.4 is 11.1 Å². The predicted molar refractivity (Wildman–Crippen MR) is 69.2 cm³/mol. The molecule has 5 nitrogen and oxygen atoms in total. The first-order valence-corrected chi connectivity index (χ1v) is 6.45. The van der Waals surface area contributed by atoms with E-state index in [0.717, 1.165) is 36.9 Å². The van der Waals surface area contributed by atoms with E-state index in [0.29, 0.717) is 11.8 Å². The molecule has 1 aliphatic rings. The fourth-order valence-electron chi connectivity index (χ4n) is 2.56. The normalized spacial score (nSPS) is 28.1. The Bertz CT molecular complexity index is 455. The van der Waals surface area contributed by atoms with Crippen molar-refractivity contribution in [3.63, 3.8) is 0 Å². The summed E-state index contributed by atoms with van der Waals surface area (Å²) in [5, 5.41) is 6.59. The molecule has 18 heavy (non-hydrogen) atoms. The maximum absolute atomic E-state index is 12.3. The molecule has 0 spiro atoms. The summed E-state index contributed by atoms with van der Waals surface area (Å²) in [6.07, 6.45) is 3.60. The van der Waals surface area contributed by atoms with Crippen LogP contribution in [0.15, 0.2) is 4.52 Å². The molecule has 100 valence electrons. The zero-order valence-electron chi connectivity index (χ0n) is 11.2. The Balaban J connectivity index is 2.09. The van der Waals surface area contributed by atoms with E-state index < -0.39 is 5.54 Å². The highest BCUT2D eigenvalue weighted by molar-refractivity contribution is 5.97. The van der Waals surface area contributed by atoms with Gasteiger partial charge in [-0.25, -0.2) is 0 Å². The molecule has 1 fully saturated rings. The van der Waals surface area contributed by atoms with Gasteiger partial charge >= 0.3 is 0 Å². The van der Waals surface area contributed by atoms with Gasteiger partial charge in [0.15, 0.2) is 0 Å². The van der Waals surface area contributed by atoms with Gasteiger partial charge < -0.3 is 10.3 Å². The molecule has 1 saturated carbocycles. The van der Waals surface area contributed by atoms with Gasteiger partial charge in [-0.1, -0.05) is 24.9 Å². The average molecular weight is 251 g/mol. The van der Waals surface area contributed by atoms with Gasteiger partial charge in [0.1, 0.15) is 0 Å². The Kier molecular flexibility index (Phi) is 3.43. The van der Waals surface area contributed by atoms with Crippen molar-refractivity contribution < 1.29 is 9.32 Å². The van der Waals surface area contributed by atoms with E-state index in [9.17, 15) is 4.79 Å². The number of anilines is 1. The summed E-state index contributed by atoms with van der Waals surface area (Å²) in [5.41, 5.74) is 7.09. The molecule has 2 rings (SSSR count). The van der Waals surface area contributed by atoms with Crippen LogP contribution in [0.2, 0.25) is 0 Å². The van der Waals surface area contributed by atoms with E-state index in [-0.39, 0.29) is 5.91 Å². The number of hydrogen-bond acceptors (Lipinski definition) is 4. The van der Waals surface area contributed by atoms with E-state index in [1.807, 2.05) is 13.8 Å². The number of nitrogens with zero attached hydrogens (tertiary/aromatic N) is 1. The van der Waals surface area contributed by atoms with Crippen LogP contribution in [0.3, 0.4) is 0 Å². The molecule has 1 amide bonds. The fourth-order valence-corrected chi connectivity index (χ4v) is 2.56. The second-order valence-electron chi connectivity index (χ2n) is 5.53. The molecule has 1 aromatic heterocycles. The summed E-state index contributed by atoms with van der Waals surface area (Å²) in [5.74, 6) is 0.751. The monoisotopic (exact) mass is 251 g/mol. The fraction of sp³-hybridized carbons (Fsp3) is 0.692. The third-order valence-electron chi connectivity index (χ3n) is 3.87. The molecule has 2 unspecified atom stereocenters. The maximum atomic E-state index is 12.3. The largest absolute Gasteiger partial charge is 0.338 e. The molecule has 0 aliphatic heterocycles. The topological polar surface area (TPSA) is 81.2 Å². The van der Waals surface area contributed by atoms with Crippen molar-refractivity contribution in [3.8, 4) is 0 Å². The Morgan fingerprint density at radius 2 is 2.28 bits per heavy atom. The SMILES string of the molecule is Cc1noc(NC(=O)C2(N)CCCC(C)C2)c1C. The second kappa shape index (κ2) is 4.72. The Hall–Kier alpha value is -1.36. The van der Waals surface area contributed by atoms with Gasteiger partial charge in [-0.05, 0) is 32.6 Å². The van der Waals surface area contributed by atoms with Crippen molar-refractivity contribution in [2.45, 2.75) is 52.0 Å². The second-order valence-corrected chi connectivity index (χ2v) is 5.53. The van der Waals surface area contributed by atoms with Gasteiger partial charge in [-0.2, -0.15) is 0 Å². The number of carbonyl (C=O) groups is 1. The number of nitrogens with two attached hydrogens (primary N) is 1. The molecule has 1 heterocycles. The van der Waals surface area contributed by atoms with E-state index in [2.05, 4.69) is 17.4 Å². The van der Waals surface area contributed by atoms with E-state index in [1.165, 1.54) is 0 Å². The predicted octanol–water partition coefficient (Wildman–Crippen LogP) is 2.14. The molecule has 1 aliphatic carbocycles. The van der Waals surface area contributed by atoms with Gasteiger partial charge in [-0.3, -0.25) is 10.1 Å². The Morgan fingerprint density at radius 1 is 1.56 bits per heavy atom. The number of aromatic nitrogens is 1. The summed E-state index contributed by atoms with van der Waals surface area (Å²) in [4.78, 5) is 12.3. The lowest BCUT2D eigenvalue weighted by atomic mass is 9.76. The third kappa shape index (κ3) is 2.41. The smallest absolute Gasteiger partial charge is 0.246 e. The van der Waals surface area contributed by atoms with Crippen LogP contribution in [0.1, 0.15) is 43.9 Å². The van der Waals surface area contributed by atoms with E-state index in [1.54, 1.807) is 0 Å². The summed E-state index contributed by atoms with van der Waals surface area (Å²) in [6, 6.07) is 0. The molecule has 3 N–H and O–H groups in total. The molecule has 0 bridgehead atoms. The van der Waals surface area contributed by atoms with Crippen molar-refractivity contribution in [2.24, 2.45) is 11.7 Å². The molecule has 0 radical (unpaired) electrons. The molecule has 1 aromatic rings. The number of aryl methyl sites for hydroxylation is 1. The standard InChI is InChI=1S/C13H21N3O2/c1-8-5-4-6-13(14,7-8)12(17)15-11-9(2)10(3)16-18-11/h8H,4-7,14H2,1-3H3,(H,15,17). The Labute approximate surface area is 107 Å². The van der Waals surface area contributed by atoms with Crippen LogP contribution in [0.25, 0.3) is 0 Å². The van der Waals surface area contributed by atoms with Gasteiger partial charge in [0, 0.05) is 5.56 Å². The summed E-state index contributed by atoms with van der Waals surface area (Å²) < 4.78 is 5.09. The molecule has 5 heteroatoms. The lowest BCUT2D eigenvalue weighted by Crippen LogP contribution is -2.53. The minimum Gasteiger partial charge on any atom is -0.338 e. The van der Waals surface area contributed by atoms with Crippen molar-refractivity contribution in [1.82, 2.24) is 5.16 Å². The molecular formula is C13H21N3O2. The van der Waals surface area contributed by atoms with Crippen LogP contribution in [0.5, 0.6) is 0 Å². The van der Waals surface area contributed by atoms with Crippen LogP contribution in [-0.2, 0) is 4.79 Å². The van der Waals surface area contributed by atoms with E-state index in [4.69, 9.17) is 10.3 Å². The van der Waals surface area contributed by atoms with Crippen molar-refractivity contribution in [1.29, 1.82) is 0 Å². The lowest BCUT2D eigenvalue weighted by Gasteiger charge is -2.34. The van der Waals surface area contributed by atoms with Crippen molar-refractivity contribution in [3.05, 3.63) is 11.3 Å². The first-order chi connectivity index (χ1) is 8.42. The van der Waals surface area contributed by atoms with Gasteiger partial charge in [0.25, 0.3) is 0 Å². The minimum atomic E-state index is -0.773. The highest BCUT2D eigenvalue weighted by atomic mass is 16.5. The number of amides is 1. The van der Waals surface area contributed by atoms with E-state index >= 15 is 0 Å². The Morgan fingerprint density at radius 3 is 2.83 bits per heavy atom. The maximum Gasteiger partial charge on any atom is 0.246 e. The number of rotatable bonds is 2. The molecule has 0 aromatic carbocycles. The van der Waals surface area contributed by atoms with Crippen LogP contribution in [0, 0.1) is 19.8 Å². The summed E-state index contributed by atoms with van der Waals surface area (Å²) >= 11 is 0. The summed E-state index contributed by atoms with van der Waals surface area (Å²) in [7, 11) is 0. The molecule has 0 saturated heterocycles. The minimum absolute atomic E-state index is 0.159. The highest BCUT2D eigenvalue weighted by Crippen LogP contribution is 2.31. The first-order valence-electron chi connectivity index (χ1n) is 6.45. The highest BCUT2D eigenvalue weighted by Gasteiger charge is 2.38. The quantitative estimate of drug-likeness (QED) is 0.843. The van der Waals surface area contributed by atoms with Gasteiger partial charge in [0.05, 0.1) is 11.2 Å². The third-order valence-corrected chi connectivity index (χ3v) is 3.87. The van der Waals surface area contributed by atoms with Crippen LogP contribution >= 0.6 is 0 Å². The zero-order chi connectivity index (χ0) is 13.3. The lowest BCUT2D eigenvalue weighted by molar-refractivity contribution is -0.122. The number of carbonyl (C=O) groups excluding carboxylic acids is 1. The molecule has 2 atom stereocenters. The number of hydrogen-bond donors (Lipinski definition) is 2. The molecular weight excluding hydrogens is 230 g/mol. The zero-order valence-corrected chi connectivity index (χ0v) is 11.2. The number of nitrogens with one attached hydrogen (secondary N) is 1.